The molecule has 3 N–H and O–H groups in total. The Morgan fingerprint density at radius 1 is 1.37 bits per heavy atom. The minimum Gasteiger partial charge on any atom is -0.496 e. The number of nitrogens with two attached hydrogens (primary N) is 1. The standard InChI is InChI=1S/C15H12BrF3N6O2/c1-27-8-4-6(2-3-7(8)15(26)23-13(19)12(17)18)9-10-14(20)21-5-22-25(10)24-11(9)16/h2-5,12-13H,1H3,(H,23,26)(H2,20,21,22). The van der Waals surface area contributed by atoms with Gasteiger partial charge in [0, 0.05) is 5.56 Å². The van der Waals surface area contributed by atoms with Gasteiger partial charge in [0.05, 0.1) is 12.7 Å². The van der Waals surface area contributed by atoms with E-state index in [0.717, 1.165) is 0 Å². The van der Waals surface area contributed by atoms with Gasteiger partial charge in [-0.05, 0) is 33.6 Å². The lowest BCUT2D eigenvalue weighted by Crippen LogP contribution is -2.36. The molecule has 0 aliphatic carbocycles. The van der Waals surface area contributed by atoms with E-state index in [1.807, 2.05) is 0 Å². The first kappa shape index (κ1) is 18.9. The van der Waals surface area contributed by atoms with E-state index in [0.29, 0.717) is 21.2 Å². The normalized spacial score (nSPS) is 12.4. The van der Waals surface area contributed by atoms with Crippen molar-refractivity contribution in [2.24, 2.45) is 0 Å². The third kappa shape index (κ3) is 3.52. The molecule has 0 saturated carbocycles. The van der Waals surface area contributed by atoms with Gasteiger partial charge in [-0.2, -0.15) is 0 Å². The maximum absolute atomic E-state index is 13.1. The number of hydrogen-bond donors (Lipinski definition) is 2. The number of fused-ring (bicyclic) bond motifs is 1. The predicted octanol–water partition coefficient (Wildman–Crippen LogP) is 2.44. The zero-order chi connectivity index (χ0) is 19.7. The molecule has 0 bridgehead atoms. The first-order chi connectivity index (χ1) is 12.8. The monoisotopic (exact) mass is 444 g/mol. The Morgan fingerprint density at radius 2 is 2.11 bits per heavy atom. The molecule has 12 heteroatoms. The van der Waals surface area contributed by atoms with Crippen LogP contribution in [0.3, 0.4) is 0 Å². The van der Waals surface area contributed by atoms with Gasteiger partial charge in [0.25, 0.3) is 12.3 Å². The minimum atomic E-state index is -3.34. The molecule has 1 amide bonds. The number of rotatable bonds is 5. The molecule has 0 saturated heterocycles. The van der Waals surface area contributed by atoms with Gasteiger partial charge in [0.15, 0.2) is 5.82 Å². The molecule has 1 atom stereocenters. The molecule has 0 aliphatic heterocycles. The second-order valence-electron chi connectivity index (χ2n) is 5.27. The van der Waals surface area contributed by atoms with Crippen molar-refractivity contribution in [3.8, 4) is 16.9 Å². The molecule has 2 aromatic heterocycles. The molecule has 142 valence electrons. The van der Waals surface area contributed by atoms with Crippen LogP contribution in [0.1, 0.15) is 10.4 Å². The summed E-state index contributed by atoms with van der Waals surface area (Å²) >= 11 is 3.31. The number of benzene rings is 1. The highest BCUT2D eigenvalue weighted by Crippen LogP contribution is 2.36. The van der Waals surface area contributed by atoms with Crippen molar-refractivity contribution < 1.29 is 22.7 Å². The summed E-state index contributed by atoms with van der Waals surface area (Å²) in [6.45, 7) is 0. The Balaban J connectivity index is 2.05. The van der Waals surface area contributed by atoms with Gasteiger partial charge in [-0.25, -0.2) is 18.2 Å². The van der Waals surface area contributed by atoms with Crippen LogP contribution in [0.4, 0.5) is 19.0 Å². The molecule has 3 rings (SSSR count). The van der Waals surface area contributed by atoms with Gasteiger partial charge in [-0.1, -0.05) is 6.07 Å². The minimum absolute atomic E-state index is 0.0492. The van der Waals surface area contributed by atoms with Crippen molar-refractivity contribution in [1.82, 2.24) is 25.1 Å². The fourth-order valence-electron chi connectivity index (χ4n) is 2.45. The molecule has 2 heterocycles. The van der Waals surface area contributed by atoms with E-state index >= 15 is 0 Å². The lowest BCUT2D eigenvalue weighted by atomic mass is 10.0. The van der Waals surface area contributed by atoms with Crippen LogP contribution in [0, 0.1) is 0 Å². The Labute approximate surface area is 158 Å². The summed E-state index contributed by atoms with van der Waals surface area (Å²) in [5.41, 5.74) is 7.29. The van der Waals surface area contributed by atoms with E-state index in [1.165, 1.54) is 36.3 Å². The lowest BCUT2D eigenvalue weighted by molar-refractivity contribution is 0.0286. The number of nitrogen functional groups attached to an aromatic ring is 1. The number of hydrogen-bond acceptors (Lipinski definition) is 6. The van der Waals surface area contributed by atoms with E-state index in [1.54, 1.807) is 5.32 Å². The van der Waals surface area contributed by atoms with Gasteiger partial charge in [-0.3, -0.25) is 4.79 Å². The number of carbonyl (C=O) groups is 1. The molecule has 0 aliphatic rings. The highest BCUT2D eigenvalue weighted by molar-refractivity contribution is 9.10. The largest absolute Gasteiger partial charge is 0.496 e. The number of anilines is 1. The number of nitrogens with zero attached hydrogens (tertiary/aromatic N) is 4. The van der Waals surface area contributed by atoms with Gasteiger partial charge < -0.3 is 15.8 Å². The Kier molecular flexibility index (Phi) is 5.17. The summed E-state index contributed by atoms with van der Waals surface area (Å²) in [6.07, 6.45) is -4.87. The zero-order valence-corrected chi connectivity index (χ0v) is 15.2. The topological polar surface area (TPSA) is 107 Å². The summed E-state index contributed by atoms with van der Waals surface area (Å²) in [6, 6.07) is 4.30. The summed E-state index contributed by atoms with van der Waals surface area (Å²) in [4.78, 5) is 16.0. The van der Waals surface area contributed by atoms with Gasteiger partial charge in [0.2, 0.25) is 6.30 Å². The van der Waals surface area contributed by atoms with Crippen molar-refractivity contribution in [3.05, 3.63) is 34.7 Å². The fourth-order valence-corrected chi connectivity index (χ4v) is 3.02. The second-order valence-corrected chi connectivity index (χ2v) is 6.03. The van der Waals surface area contributed by atoms with Crippen molar-refractivity contribution in [2.45, 2.75) is 12.7 Å². The maximum atomic E-state index is 13.1. The number of carbonyl (C=O) groups excluding carboxylic acids is 1. The quantitative estimate of drug-likeness (QED) is 0.585. The summed E-state index contributed by atoms with van der Waals surface area (Å²) < 4.78 is 44.6. The molecule has 1 unspecified atom stereocenters. The van der Waals surface area contributed by atoms with Gasteiger partial charge >= 0.3 is 0 Å². The van der Waals surface area contributed by atoms with Crippen LogP contribution < -0.4 is 15.8 Å². The maximum Gasteiger partial charge on any atom is 0.287 e. The first-order valence-corrected chi connectivity index (χ1v) is 8.19. The second kappa shape index (κ2) is 7.39. The number of methoxy groups -OCH3 is 1. The average Bonchev–Trinajstić information content (AvgIpc) is 2.98. The number of alkyl halides is 3. The van der Waals surface area contributed by atoms with E-state index in [-0.39, 0.29) is 17.1 Å². The van der Waals surface area contributed by atoms with Crippen molar-refractivity contribution in [3.63, 3.8) is 0 Å². The number of ether oxygens (including phenoxy) is 1. The van der Waals surface area contributed by atoms with E-state index in [2.05, 4.69) is 31.1 Å². The Hall–Kier alpha value is -2.89. The lowest BCUT2D eigenvalue weighted by Gasteiger charge is -2.13. The van der Waals surface area contributed by atoms with Gasteiger partial charge in [-0.15, -0.1) is 14.8 Å². The first-order valence-electron chi connectivity index (χ1n) is 7.40. The fraction of sp³-hybridized carbons (Fsp3) is 0.200. The molecular formula is C15H12BrF3N6O2. The van der Waals surface area contributed by atoms with Gasteiger partial charge in [0.1, 0.15) is 22.2 Å². The van der Waals surface area contributed by atoms with Crippen LogP contribution in [-0.2, 0) is 0 Å². The highest BCUT2D eigenvalue weighted by atomic mass is 79.9. The van der Waals surface area contributed by atoms with Crippen molar-refractivity contribution in [1.29, 1.82) is 0 Å². The summed E-state index contributed by atoms with van der Waals surface area (Å²) in [5, 5.41) is 9.71. The SMILES string of the molecule is COc1cc(-c2c(Br)nn3ncnc(N)c23)ccc1C(=O)NC(F)C(F)F. The molecule has 3 aromatic rings. The van der Waals surface area contributed by atoms with Crippen molar-refractivity contribution >= 4 is 33.2 Å². The van der Waals surface area contributed by atoms with E-state index in [4.69, 9.17) is 10.5 Å². The van der Waals surface area contributed by atoms with E-state index < -0.39 is 18.6 Å². The third-order valence-corrected chi connectivity index (χ3v) is 4.21. The molecule has 8 nitrogen and oxygen atoms in total. The van der Waals surface area contributed by atoms with Crippen LogP contribution in [0.15, 0.2) is 29.1 Å². The van der Waals surface area contributed by atoms with E-state index in [9.17, 15) is 18.0 Å². The molecule has 0 spiro atoms. The number of halogens is 4. The average molecular weight is 445 g/mol. The Morgan fingerprint density at radius 3 is 2.78 bits per heavy atom. The highest BCUT2D eigenvalue weighted by Gasteiger charge is 2.24. The van der Waals surface area contributed by atoms with Crippen molar-refractivity contribution in [2.75, 3.05) is 12.8 Å². The summed E-state index contributed by atoms with van der Waals surface area (Å²) in [7, 11) is 1.29. The van der Waals surface area contributed by atoms with Crippen LogP contribution in [-0.4, -0.2) is 45.5 Å². The zero-order valence-electron chi connectivity index (χ0n) is 13.7. The van der Waals surface area contributed by atoms with Crippen LogP contribution in [0.2, 0.25) is 0 Å². The Bertz CT molecular complexity index is 1010. The molecule has 27 heavy (non-hydrogen) atoms. The predicted molar refractivity (Wildman–Crippen MR) is 93.2 cm³/mol. The third-order valence-electron chi connectivity index (χ3n) is 3.65. The molecule has 0 radical (unpaired) electrons. The molecule has 0 fully saturated rings. The molecule has 1 aromatic carbocycles. The summed E-state index contributed by atoms with van der Waals surface area (Å²) in [5.74, 6) is -0.808. The number of amides is 1. The van der Waals surface area contributed by atoms with Crippen LogP contribution in [0.5, 0.6) is 5.75 Å². The number of nitrogens with one attached hydrogen (secondary N) is 1. The smallest absolute Gasteiger partial charge is 0.287 e. The van der Waals surface area contributed by atoms with Crippen LogP contribution >= 0.6 is 15.9 Å². The molecular weight excluding hydrogens is 433 g/mol. The van der Waals surface area contributed by atoms with Crippen LogP contribution in [0.25, 0.3) is 16.6 Å². The number of aromatic nitrogens is 4.